The molecule has 2 aromatic rings. The highest BCUT2D eigenvalue weighted by Gasteiger charge is 2.25. The molecule has 3 rings (SSSR count). The number of carbonyl (C=O) groups is 1. The second-order valence-electron chi connectivity index (χ2n) is 4.58. The molecule has 0 aromatic carbocycles. The molecule has 0 amide bonds. The molecule has 2 aromatic heterocycles. The Labute approximate surface area is 112 Å². The summed E-state index contributed by atoms with van der Waals surface area (Å²) in [4.78, 5) is 18.2. The van der Waals surface area contributed by atoms with E-state index in [1.54, 1.807) is 12.2 Å². The number of halogens is 2. The maximum absolute atomic E-state index is 13.8. The third-order valence-corrected chi connectivity index (χ3v) is 3.20. The zero-order valence-electron chi connectivity index (χ0n) is 10.6. The van der Waals surface area contributed by atoms with Crippen molar-refractivity contribution in [1.82, 2.24) is 14.5 Å². The van der Waals surface area contributed by atoms with Crippen LogP contribution in [0.25, 0.3) is 11.0 Å². The van der Waals surface area contributed by atoms with Crippen molar-refractivity contribution in [3.8, 4) is 0 Å². The Balaban J connectivity index is 1.95. The number of hydrogen-bond acceptors (Lipinski definition) is 4. The number of hydrogen-bond donors (Lipinski definition) is 0. The molecular formula is C13H11F2N3O2. The molecule has 5 nitrogen and oxygen atoms in total. The largest absolute Gasteiger partial charge is 0.458 e. The maximum atomic E-state index is 13.8. The van der Waals surface area contributed by atoms with E-state index >= 15 is 0 Å². The molecule has 1 aliphatic rings. The van der Waals surface area contributed by atoms with Gasteiger partial charge in [0.2, 0.25) is 5.95 Å². The third-order valence-electron chi connectivity index (χ3n) is 3.20. The van der Waals surface area contributed by atoms with E-state index in [0.29, 0.717) is 6.42 Å². The van der Waals surface area contributed by atoms with Crippen LogP contribution in [0.4, 0.5) is 8.78 Å². The molecule has 0 aliphatic heterocycles. The van der Waals surface area contributed by atoms with Crippen LogP contribution in [0.1, 0.15) is 19.4 Å². The van der Waals surface area contributed by atoms with Gasteiger partial charge in [0.15, 0.2) is 5.82 Å². The number of carbonyl (C=O) groups excluding carboxylic acids is 1. The summed E-state index contributed by atoms with van der Waals surface area (Å²) in [6, 6.07) is -0.248. The molecule has 2 atom stereocenters. The van der Waals surface area contributed by atoms with Crippen LogP contribution in [0.5, 0.6) is 0 Å². The second kappa shape index (κ2) is 4.66. The van der Waals surface area contributed by atoms with Crippen LogP contribution in [-0.4, -0.2) is 26.6 Å². The minimum atomic E-state index is -0.775. The fourth-order valence-electron chi connectivity index (χ4n) is 2.38. The summed E-state index contributed by atoms with van der Waals surface area (Å²) in [5.41, 5.74) is -0.0371. The lowest BCUT2D eigenvalue weighted by Gasteiger charge is -2.14. The van der Waals surface area contributed by atoms with Crippen molar-refractivity contribution in [2.75, 3.05) is 0 Å². The van der Waals surface area contributed by atoms with Gasteiger partial charge in [-0.2, -0.15) is 4.39 Å². The Kier molecular flexibility index (Phi) is 2.96. The summed E-state index contributed by atoms with van der Waals surface area (Å²) < 4.78 is 33.9. The van der Waals surface area contributed by atoms with Crippen LogP contribution >= 0.6 is 0 Å². The van der Waals surface area contributed by atoms with E-state index in [1.165, 1.54) is 17.8 Å². The SMILES string of the molecule is CC(=O)OC1C=CC(n2cnc3c(F)cnc(F)c32)C1. The molecular weight excluding hydrogens is 268 g/mol. The van der Waals surface area contributed by atoms with Gasteiger partial charge in [0, 0.05) is 13.3 Å². The molecule has 0 bridgehead atoms. The van der Waals surface area contributed by atoms with Crippen LogP contribution in [-0.2, 0) is 9.53 Å². The molecule has 0 saturated carbocycles. The van der Waals surface area contributed by atoms with Gasteiger partial charge in [-0.05, 0) is 6.08 Å². The Morgan fingerprint density at radius 2 is 2.20 bits per heavy atom. The molecule has 7 heteroatoms. The summed E-state index contributed by atoms with van der Waals surface area (Å²) in [7, 11) is 0. The molecule has 20 heavy (non-hydrogen) atoms. The van der Waals surface area contributed by atoms with Gasteiger partial charge in [-0.3, -0.25) is 4.79 Å². The molecule has 0 saturated heterocycles. The standard InChI is InChI=1S/C13H11F2N3O2/c1-7(19)20-9-3-2-8(4-9)18-6-17-11-10(14)5-16-13(15)12(11)18/h2-3,5-6,8-9H,4H2,1H3. The minimum Gasteiger partial charge on any atom is -0.458 e. The quantitative estimate of drug-likeness (QED) is 0.480. The lowest BCUT2D eigenvalue weighted by atomic mass is 10.2. The van der Waals surface area contributed by atoms with E-state index in [1.807, 2.05) is 0 Å². The molecule has 0 N–H and O–H groups in total. The Morgan fingerprint density at radius 3 is 2.95 bits per heavy atom. The minimum absolute atomic E-state index is 0.0168. The van der Waals surface area contributed by atoms with Crippen molar-refractivity contribution in [2.24, 2.45) is 0 Å². The number of allylic oxidation sites excluding steroid dienone is 1. The molecule has 2 heterocycles. The van der Waals surface area contributed by atoms with Crippen molar-refractivity contribution in [3.63, 3.8) is 0 Å². The van der Waals surface area contributed by atoms with E-state index in [2.05, 4.69) is 9.97 Å². The van der Waals surface area contributed by atoms with E-state index in [-0.39, 0.29) is 29.1 Å². The predicted molar refractivity (Wildman–Crippen MR) is 65.8 cm³/mol. The number of pyridine rings is 1. The van der Waals surface area contributed by atoms with Gasteiger partial charge in [0.25, 0.3) is 0 Å². The fraction of sp³-hybridized carbons (Fsp3) is 0.308. The summed E-state index contributed by atoms with van der Waals surface area (Å²) in [6.45, 7) is 1.33. The van der Waals surface area contributed by atoms with Crippen LogP contribution in [0.3, 0.4) is 0 Å². The van der Waals surface area contributed by atoms with E-state index < -0.39 is 11.8 Å². The number of nitrogens with zero attached hydrogens (tertiary/aromatic N) is 3. The lowest BCUT2D eigenvalue weighted by Crippen LogP contribution is -2.14. The molecule has 2 unspecified atom stereocenters. The van der Waals surface area contributed by atoms with Crippen molar-refractivity contribution in [3.05, 3.63) is 36.4 Å². The highest BCUT2D eigenvalue weighted by atomic mass is 19.1. The summed E-state index contributed by atoms with van der Waals surface area (Å²) in [5, 5.41) is 0. The van der Waals surface area contributed by atoms with Gasteiger partial charge in [-0.25, -0.2) is 14.4 Å². The van der Waals surface area contributed by atoms with Gasteiger partial charge in [0.1, 0.15) is 17.1 Å². The molecule has 0 spiro atoms. The summed E-state index contributed by atoms with van der Waals surface area (Å²) in [5.74, 6) is -1.82. The Hall–Kier alpha value is -2.31. The first-order chi connectivity index (χ1) is 9.56. The van der Waals surface area contributed by atoms with Crippen molar-refractivity contribution in [1.29, 1.82) is 0 Å². The molecule has 104 valence electrons. The highest BCUT2D eigenvalue weighted by molar-refractivity contribution is 5.75. The van der Waals surface area contributed by atoms with E-state index in [4.69, 9.17) is 4.74 Å². The first-order valence-electron chi connectivity index (χ1n) is 6.08. The maximum Gasteiger partial charge on any atom is 0.303 e. The number of ether oxygens (including phenoxy) is 1. The highest BCUT2D eigenvalue weighted by Crippen LogP contribution is 2.29. The number of aromatic nitrogens is 3. The first-order valence-corrected chi connectivity index (χ1v) is 6.08. The number of fused-ring (bicyclic) bond motifs is 1. The normalized spacial score (nSPS) is 21.6. The smallest absolute Gasteiger partial charge is 0.303 e. The average molecular weight is 279 g/mol. The Morgan fingerprint density at radius 1 is 1.40 bits per heavy atom. The fourth-order valence-corrected chi connectivity index (χ4v) is 2.38. The molecule has 0 fully saturated rings. The number of esters is 1. The molecule has 0 radical (unpaired) electrons. The topological polar surface area (TPSA) is 57.0 Å². The zero-order valence-corrected chi connectivity index (χ0v) is 10.6. The Bertz CT molecular complexity index is 711. The third kappa shape index (κ3) is 2.04. The van der Waals surface area contributed by atoms with Crippen LogP contribution in [0.2, 0.25) is 0 Å². The second-order valence-corrected chi connectivity index (χ2v) is 4.58. The van der Waals surface area contributed by atoms with Gasteiger partial charge >= 0.3 is 5.97 Å². The number of rotatable bonds is 2. The van der Waals surface area contributed by atoms with Crippen LogP contribution in [0, 0.1) is 11.8 Å². The summed E-state index contributed by atoms with van der Waals surface area (Å²) >= 11 is 0. The van der Waals surface area contributed by atoms with E-state index in [0.717, 1.165) is 6.20 Å². The van der Waals surface area contributed by atoms with Crippen molar-refractivity contribution < 1.29 is 18.3 Å². The van der Waals surface area contributed by atoms with E-state index in [9.17, 15) is 13.6 Å². The van der Waals surface area contributed by atoms with Gasteiger partial charge in [0.05, 0.1) is 18.6 Å². The van der Waals surface area contributed by atoms with Crippen molar-refractivity contribution >= 4 is 17.0 Å². The monoisotopic (exact) mass is 279 g/mol. The van der Waals surface area contributed by atoms with Gasteiger partial charge in [-0.1, -0.05) is 6.08 Å². The van der Waals surface area contributed by atoms with Gasteiger partial charge < -0.3 is 9.30 Å². The van der Waals surface area contributed by atoms with Gasteiger partial charge in [-0.15, -0.1) is 0 Å². The number of imidazole rings is 1. The average Bonchev–Trinajstić information content (AvgIpc) is 2.99. The zero-order chi connectivity index (χ0) is 14.3. The molecule has 1 aliphatic carbocycles. The predicted octanol–water partition coefficient (Wildman–Crippen LogP) is 2.14. The lowest BCUT2D eigenvalue weighted by molar-refractivity contribution is -0.144. The van der Waals surface area contributed by atoms with Crippen LogP contribution < -0.4 is 0 Å². The summed E-state index contributed by atoms with van der Waals surface area (Å²) in [6.07, 6.45) is 5.77. The van der Waals surface area contributed by atoms with Crippen molar-refractivity contribution in [2.45, 2.75) is 25.5 Å². The first kappa shape index (κ1) is 12.7. The van der Waals surface area contributed by atoms with Crippen LogP contribution in [0.15, 0.2) is 24.7 Å².